The van der Waals surface area contributed by atoms with Crippen molar-refractivity contribution in [3.63, 3.8) is 0 Å². The molecule has 132 heavy (non-hydrogen) atoms. The molecule has 29 nitrogen and oxygen atoms in total. The topological polar surface area (TPSA) is 359 Å². The van der Waals surface area contributed by atoms with E-state index in [9.17, 15) is 122 Å². The zero-order valence-electron chi connectivity index (χ0n) is 73.4. The molecule has 3 unspecified atom stereocenters. The Balaban J connectivity index is 0.000000315. The molecule has 11 rings (SSSR count). The number of amides is 7. The molecule has 7 heterocycles. The second kappa shape index (κ2) is 49.8. The van der Waals surface area contributed by atoms with E-state index in [1.165, 1.54) is 33.1 Å². The standard InChI is InChI=1S/C26H30F6N6O4.C21H22F6N6O2.C21H27F3N2O5.C11H12F3NO2.C2H7BO.CH3Cl.ClH/c1-25(2,3)42-24(41)37-6-4-5-19(37)22(40)33-15(9-14-10-17(28)18(29)12-16(14)27)11-21(39)36-7-8-38-20(13-36)34-35-23(38)26(30,31)32;22-13-9-15(24)14(23)7-11(13)6-12(29-19(35)16-2-1-3-28-16)8-18(34)32-4-5-33-17(10-32)30-31-20(33)21(25,26)27;1-21(2,3)31-20(29)26-7-5-6-17(26)19(28)25-13(10-18(27)30-4)8-12-9-15(23)16(24)11-14(12)22;1-17-11(16)4-7(15)2-6-3-9(13)10(14)5-8(6)12;1-3(2)4;1-2;/h10,12,15,19H,4-9,11,13H2,1-3H3,(H,33,40);7,9,12,16,28H,1-6,8,10H2,(H,29,35);9,11,13,17H,5-8,10H2,1-4H3,(H,25,28);3,5,7H,2,4,15H2,1H3;4H,1-2H3;1H3;1H/t15-,19?;12-,16?;13-,17?;7-;;;/m1111.../s1. The largest absolute Gasteiger partial charge is 0.469 e. The second-order valence-corrected chi connectivity index (χ2v) is 32.8. The molecule has 7 atom stereocenters. The zero-order chi connectivity index (χ0) is 98.2. The summed E-state index contributed by atoms with van der Waals surface area (Å²) in [6, 6.07) is -1.75. The Labute approximate surface area is 758 Å². The van der Waals surface area contributed by atoms with Gasteiger partial charge in [-0.3, -0.25) is 43.4 Å². The van der Waals surface area contributed by atoms with Crippen LogP contribution in [0.3, 0.4) is 0 Å². The normalized spacial score (nSPS) is 16.7. The highest BCUT2D eigenvalue weighted by Crippen LogP contribution is 2.33. The van der Waals surface area contributed by atoms with Crippen LogP contribution in [-0.2, 0) is 117 Å². The van der Waals surface area contributed by atoms with Crippen LogP contribution < -0.4 is 27.0 Å². The minimum absolute atomic E-state index is 0. The molecule has 7 N–H and O–H groups in total. The number of alkyl halides is 7. The van der Waals surface area contributed by atoms with Gasteiger partial charge in [-0.05, 0) is 159 Å². The Morgan fingerprint density at radius 3 is 1.08 bits per heavy atom. The second-order valence-electron chi connectivity index (χ2n) is 32.8. The third-order valence-corrected chi connectivity index (χ3v) is 19.9. The van der Waals surface area contributed by atoms with E-state index in [2.05, 4.69) is 62.7 Å². The first-order valence-corrected chi connectivity index (χ1v) is 41.6. The van der Waals surface area contributed by atoms with Crippen LogP contribution in [-0.4, -0.2) is 222 Å². The fourth-order valence-electron chi connectivity index (χ4n) is 13.9. The maximum Gasteiger partial charge on any atom is 0.451 e. The Hall–Kier alpha value is -10.7. The van der Waals surface area contributed by atoms with Gasteiger partial charge in [0, 0.05) is 107 Å². The number of rotatable bonds is 22. The van der Waals surface area contributed by atoms with Gasteiger partial charge in [0.1, 0.15) is 46.6 Å². The van der Waals surface area contributed by atoms with Crippen LogP contribution in [0.4, 0.5) is 88.6 Å². The van der Waals surface area contributed by atoms with Gasteiger partial charge >= 0.3 is 36.5 Å². The molecule has 5 aliphatic rings. The number of nitrogens with zero attached hydrogens (tertiary/aromatic N) is 10. The van der Waals surface area contributed by atoms with Crippen molar-refractivity contribution in [2.45, 2.75) is 237 Å². The van der Waals surface area contributed by atoms with Crippen LogP contribution in [0.25, 0.3) is 0 Å². The van der Waals surface area contributed by atoms with Crippen LogP contribution in [0, 0.1) is 69.8 Å². The number of hydrogen-bond acceptors (Lipinski definition) is 20. The molecule has 3 fully saturated rings. The van der Waals surface area contributed by atoms with Crippen LogP contribution in [0.1, 0.15) is 151 Å². The SMILES string of the molecule is CB(C)O.CC(C)(C)OC(=O)N1CCCC1C(=O)N[C@@H](CC(=O)N1CCn2c(nnc2C(F)(F)F)C1)Cc1cc(F)c(F)cc1F.CCl.COC(=O)C[C@@H](Cc1cc(F)c(F)cc1F)NC(=O)C1CCCN1C(=O)OC(C)(C)C.COC(=O)C[C@H](N)Cc1cc(F)c(F)cc1F.Cl.O=C(N[C@@H](CC(=O)N1CCn2c(nnc2C(F)(F)F)C1)Cc1cc(F)c(F)cc1F)C1CCCN1. The van der Waals surface area contributed by atoms with E-state index in [0.717, 1.165) is 28.7 Å². The highest BCUT2D eigenvalue weighted by atomic mass is 35.5. The predicted molar refractivity (Wildman–Crippen MR) is 439 cm³/mol. The fraction of sp³-hybridized carbons (Fsp3) is 0.549. The van der Waals surface area contributed by atoms with E-state index in [-0.39, 0.29) is 144 Å². The van der Waals surface area contributed by atoms with Crippen LogP contribution in [0.15, 0.2) is 48.5 Å². The number of fused-ring (bicyclic) bond motifs is 2. The smallest absolute Gasteiger partial charge is 0.451 e. The molecule has 6 aromatic rings. The van der Waals surface area contributed by atoms with Crippen molar-refractivity contribution in [3.05, 3.63) is 164 Å². The first kappa shape index (κ1) is 112. The molecule has 0 spiro atoms. The lowest BCUT2D eigenvalue weighted by Gasteiger charge is -2.31. The highest BCUT2D eigenvalue weighted by Gasteiger charge is 2.44. The van der Waals surface area contributed by atoms with Crippen LogP contribution in [0.5, 0.6) is 0 Å². The molecule has 0 saturated carbocycles. The molecule has 7 amide bonds. The Morgan fingerprint density at radius 1 is 0.462 bits per heavy atom. The number of nitrogens with two attached hydrogens (primary N) is 1. The summed E-state index contributed by atoms with van der Waals surface area (Å²) in [5.41, 5.74) is 3.19. The van der Waals surface area contributed by atoms with Crippen LogP contribution >= 0.6 is 24.0 Å². The molecular formula is C82H102BCl2F18N15O14. The van der Waals surface area contributed by atoms with Crippen molar-refractivity contribution in [2.75, 3.05) is 53.3 Å². The Kier molecular flexibility index (Phi) is 42.2. The number of nitrogens with one attached hydrogen (secondary N) is 4. The molecule has 0 bridgehead atoms. The number of carbonyl (C=O) groups excluding carboxylic acids is 9. The van der Waals surface area contributed by atoms with Gasteiger partial charge < -0.3 is 69.9 Å². The Morgan fingerprint density at radius 2 is 0.773 bits per heavy atom. The first-order chi connectivity index (χ1) is 61.1. The quantitative estimate of drug-likeness (QED) is 0.00918. The average Bonchev–Trinajstić information content (AvgIpc) is 1.64. The van der Waals surface area contributed by atoms with E-state index >= 15 is 0 Å². The van der Waals surface area contributed by atoms with Crippen molar-refractivity contribution in [2.24, 2.45) is 5.73 Å². The van der Waals surface area contributed by atoms with Crippen LogP contribution in [0.2, 0.25) is 13.6 Å². The van der Waals surface area contributed by atoms with Gasteiger partial charge in [-0.2, -0.15) is 26.3 Å². The monoisotopic (exact) mass is 1940 g/mol. The number of hydrogen-bond donors (Lipinski definition) is 6. The summed E-state index contributed by atoms with van der Waals surface area (Å²) in [7, 11) is 2.35. The average molecular weight is 1950 g/mol. The summed E-state index contributed by atoms with van der Waals surface area (Å²) in [5.74, 6) is -20.8. The van der Waals surface area contributed by atoms with Gasteiger partial charge in [0.2, 0.25) is 41.2 Å². The zero-order valence-corrected chi connectivity index (χ0v) is 75.0. The molecule has 2 aromatic heterocycles. The van der Waals surface area contributed by atoms with E-state index < -0.39 is 214 Å². The summed E-state index contributed by atoms with van der Waals surface area (Å²) in [4.78, 5) is 118. The molecule has 5 aliphatic heterocycles. The van der Waals surface area contributed by atoms with Crippen molar-refractivity contribution < 1.29 is 146 Å². The summed E-state index contributed by atoms with van der Waals surface area (Å²) >= 11 is 4.64. The molecular weight excluding hydrogens is 1840 g/mol. The fourth-order valence-corrected chi connectivity index (χ4v) is 13.9. The number of methoxy groups -OCH3 is 2. The number of halogens is 20. The van der Waals surface area contributed by atoms with Crippen molar-refractivity contribution in [3.8, 4) is 0 Å². The van der Waals surface area contributed by atoms with Crippen molar-refractivity contribution in [1.29, 1.82) is 0 Å². The van der Waals surface area contributed by atoms with Gasteiger partial charge in [0.15, 0.2) is 58.2 Å². The first-order valence-electron chi connectivity index (χ1n) is 40.8. The summed E-state index contributed by atoms with van der Waals surface area (Å²) < 4.78 is 263. The summed E-state index contributed by atoms with van der Waals surface area (Å²) in [6.07, 6.45) is -8.49. The number of likely N-dealkylation sites (tertiary alicyclic amines) is 2. The number of carbonyl (C=O) groups is 9. The maximum atomic E-state index is 14.5. The highest BCUT2D eigenvalue weighted by molar-refractivity contribution is 6.46. The Bertz CT molecular complexity index is 4970. The lowest BCUT2D eigenvalue weighted by atomic mass is 9.76. The lowest BCUT2D eigenvalue weighted by Crippen LogP contribution is -2.51. The maximum absolute atomic E-state index is 14.5. The molecule has 0 aliphatic carbocycles. The molecule has 4 aromatic carbocycles. The summed E-state index contributed by atoms with van der Waals surface area (Å²) in [5, 5.41) is 32.4. The third kappa shape index (κ3) is 33.8. The van der Waals surface area contributed by atoms with Crippen molar-refractivity contribution in [1.82, 2.24) is 70.4 Å². The van der Waals surface area contributed by atoms with E-state index in [0.29, 0.717) is 81.2 Å². The minimum atomic E-state index is -4.73. The van der Waals surface area contributed by atoms with Gasteiger partial charge in [-0.25, -0.2) is 62.3 Å². The number of ether oxygens (including phenoxy) is 4. The van der Waals surface area contributed by atoms with Gasteiger partial charge in [0.25, 0.3) is 6.92 Å². The van der Waals surface area contributed by atoms with E-state index in [1.54, 1.807) is 55.2 Å². The number of benzene rings is 4. The van der Waals surface area contributed by atoms with Gasteiger partial charge in [-0.15, -0.1) is 44.4 Å². The lowest BCUT2D eigenvalue weighted by molar-refractivity contribution is -0.149. The van der Waals surface area contributed by atoms with Crippen molar-refractivity contribution >= 4 is 84.6 Å². The molecule has 3 saturated heterocycles. The van der Waals surface area contributed by atoms with E-state index in [4.69, 9.17) is 20.2 Å². The molecule has 50 heteroatoms. The summed E-state index contributed by atoms with van der Waals surface area (Å²) in [6.45, 7) is 13.5. The molecule has 0 radical (unpaired) electrons. The minimum Gasteiger partial charge on any atom is -0.469 e. The number of esters is 2. The van der Waals surface area contributed by atoms with Gasteiger partial charge in [0.05, 0.1) is 46.2 Å². The predicted octanol–water partition coefficient (Wildman–Crippen LogP) is 11.6. The van der Waals surface area contributed by atoms with E-state index in [1.807, 2.05) is 0 Å². The molecule has 732 valence electrons. The number of aromatic nitrogens is 6. The van der Waals surface area contributed by atoms with Gasteiger partial charge in [-0.1, -0.05) is 13.6 Å². The third-order valence-electron chi connectivity index (χ3n) is 19.9.